The maximum Gasteiger partial charge on any atom is 0.257 e. The molecule has 3 rings (SSSR count). The fourth-order valence-corrected chi connectivity index (χ4v) is 4.63. The van der Waals surface area contributed by atoms with Crippen LogP contribution in [-0.4, -0.2) is 46.3 Å². The summed E-state index contributed by atoms with van der Waals surface area (Å²) in [6.07, 6.45) is 7.46. The lowest BCUT2D eigenvalue weighted by atomic mass is 9.77. The number of aryl methyl sites for hydroxylation is 1. The SMILES string of the molecule is C=CCN1C(=O)CC[C@@]12CCCN(C(=O)c1ccoc1C)[C@@H]2CC. The lowest BCUT2D eigenvalue weighted by molar-refractivity contribution is -0.133. The van der Waals surface area contributed by atoms with E-state index in [0.717, 1.165) is 32.2 Å². The number of furan rings is 1. The zero-order valence-electron chi connectivity index (χ0n) is 14.6. The molecule has 0 unspecified atom stereocenters. The van der Waals surface area contributed by atoms with E-state index in [9.17, 15) is 9.59 Å². The molecule has 5 nitrogen and oxygen atoms in total. The molecule has 2 atom stereocenters. The molecule has 24 heavy (non-hydrogen) atoms. The molecule has 130 valence electrons. The molecule has 0 bridgehead atoms. The molecule has 0 aliphatic carbocycles. The average molecular weight is 330 g/mol. The van der Waals surface area contributed by atoms with Crippen LogP contribution in [0.3, 0.4) is 0 Å². The van der Waals surface area contributed by atoms with Crippen molar-refractivity contribution in [2.24, 2.45) is 0 Å². The van der Waals surface area contributed by atoms with Crippen molar-refractivity contribution in [3.8, 4) is 0 Å². The van der Waals surface area contributed by atoms with Crippen molar-refractivity contribution >= 4 is 11.8 Å². The molecule has 0 radical (unpaired) electrons. The van der Waals surface area contributed by atoms with Crippen LogP contribution in [0.4, 0.5) is 0 Å². The van der Waals surface area contributed by atoms with Gasteiger partial charge in [-0.25, -0.2) is 0 Å². The maximum atomic E-state index is 13.1. The van der Waals surface area contributed by atoms with Crippen LogP contribution in [0.15, 0.2) is 29.4 Å². The summed E-state index contributed by atoms with van der Waals surface area (Å²) < 4.78 is 5.31. The van der Waals surface area contributed by atoms with Gasteiger partial charge >= 0.3 is 0 Å². The fourth-order valence-electron chi connectivity index (χ4n) is 4.63. The Morgan fingerprint density at radius 2 is 2.29 bits per heavy atom. The predicted octanol–water partition coefficient (Wildman–Crippen LogP) is 3.15. The minimum atomic E-state index is -0.244. The van der Waals surface area contributed by atoms with Crippen molar-refractivity contribution in [3.63, 3.8) is 0 Å². The molecule has 2 aliphatic heterocycles. The van der Waals surface area contributed by atoms with Crippen LogP contribution in [-0.2, 0) is 4.79 Å². The Bertz CT molecular complexity index is 651. The van der Waals surface area contributed by atoms with Crippen LogP contribution in [0.2, 0.25) is 0 Å². The second-order valence-electron chi connectivity index (χ2n) is 6.81. The number of hydrogen-bond acceptors (Lipinski definition) is 3. The van der Waals surface area contributed by atoms with E-state index in [0.29, 0.717) is 24.3 Å². The molecule has 2 aliphatic rings. The van der Waals surface area contributed by atoms with Gasteiger partial charge in [0.15, 0.2) is 0 Å². The van der Waals surface area contributed by atoms with Gasteiger partial charge in [0.25, 0.3) is 5.91 Å². The standard InChI is InChI=1S/C19H26N2O3/c1-4-11-21-17(22)7-10-19(21)9-6-12-20(16(19)5-2)18(23)15-8-13-24-14(15)3/h4,8,13,16H,1,5-7,9-12H2,2-3H3/t16-,19-/m1/s1. The number of carbonyl (C=O) groups excluding carboxylic acids is 2. The Kier molecular flexibility index (Phi) is 4.52. The van der Waals surface area contributed by atoms with Gasteiger partial charge < -0.3 is 14.2 Å². The number of hydrogen-bond donors (Lipinski definition) is 0. The third-order valence-corrected chi connectivity index (χ3v) is 5.66. The van der Waals surface area contributed by atoms with E-state index in [1.165, 1.54) is 0 Å². The van der Waals surface area contributed by atoms with Gasteiger partial charge in [-0.15, -0.1) is 6.58 Å². The molecule has 2 saturated heterocycles. The molecule has 0 aromatic carbocycles. The molecule has 2 amide bonds. The largest absolute Gasteiger partial charge is 0.469 e. The van der Waals surface area contributed by atoms with Crippen LogP contribution in [0.1, 0.15) is 55.1 Å². The second kappa shape index (κ2) is 6.46. The quantitative estimate of drug-likeness (QED) is 0.797. The number of rotatable bonds is 4. The first-order valence-electron chi connectivity index (χ1n) is 8.81. The number of piperidine rings is 1. The summed E-state index contributed by atoms with van der Waals surface area (Å²) >= 11 is 0. The Hall–Kier alpha value is -2.04. The molecule has 0 saturated carbocycles. The predicted molar refractivity (Wildman–Crippen MR) is 91.7 cm³/mol. The van der Waals surface area contributed by atoms with E-state index in [2.05, 4.69) is 13.5 Å². The van der Waals surface area contributed by atoms with Gasteiger partial charge in [0.2, 0.25) is 5.91 Å². The van der Waals surface area contributed by atoms with Crippen molar-refractivity contribution in [1.82, 2.24) is 9.80 Å². The van der Waals surface area contributed by atoms with Crippen LogP contribution in [0, 0.1) is 6.92 Å². The summed E-state index contributed by atoms with van der Waals surface area (Å²) in [6.45, 7) is 9.02. The summed E-state index contributed by atoms with van der Waals surface area (Å²) in [5.41, 5.74) is 0.385. The van der Waals surface area contributed by atoms with Crippen molar-refractivity contribution in [3.05, 3.63) is 36.3 Å². The van der Waals surface area contributed by atoms with E-state index in [1.54, 1.807) is 18.4 Å². The van der Waals surface area contributed by atoms with Crippen molar-refractivity contribution in [2.75, 3.05) is 13.1 Å². The molecule has 0 N–H and O–H groups in total. The highest BCUT2D eigenvalue weighted by atomic mass is 16.3. The Morgan fingerprint density at radius 3 is 2.92 bits per heavy atom. The minimum absolute atomic E-state index is 0.0186. The van der Waals surface area contributed by atoms with Gasteiger partial charge in [-0.1, -0.05) is 13.0 Å². The van der Waals surface area contributed by atoms with E-state index in [1.807, 2.05) is 16.7 Å². The van der Waals surface area contributed by atoms with Gasteiger partial charge in [-0.3, -0.25) is 9.59 Å². The summed E-state index contributed by atoms with van der Waals surface area (Å²) in [5, 5.41) is 0. The Morgan fingerprint density at radius 1 is 1.50 bits per heavy atom. The normalized spacial score (nSPS) is 27.1. The molecule has 5 heteroatoms. The van der Waals surface area contributed by atoms with Crippen LogP contribution in [0.5, 0.6) is 0 Å². The first-order chi connectivity index (χ1) is 11.5. The molecular weight excluding hydrogens is 304 g/mol. The Balaban J connectivity index is 1.95. The van der Waals surface area contributed by atoms with Crippen molar-refractivity contribution in [2.45, 2.75) is 57.5 Å². The summed E-state index contributed by atoms with van der Waals surface area (Å²) in [4.78, 5) is 29.4. The maximum absolute atomic E-state index is 13.1. The fraction of sp³-hybridized carbons (Fsp3) is 0.579. The number of amides is 2. The Labute approximate surface area is 143 Å². The lowest BCUT2D eigenvalue weighted by Gasteiger charge is -2.52. The number of nitrogens with zero attached hydrogens (tertiary/aromatic N) is 2. The van der Waals surface area contributed by atoms with Crippen LogP contribution in [0.25, 0.3) is 0 Å². The highest BCUT2D eigenvalue weighted by Gasteiger charge is 2.53. The highest BCUT2D eigenvalue weighted by molar-refractivity contribution is 5.95. The molecule has 2 fully saturated rings. The minimum Gasteiger partial charge on any atom is -0.469 e. The van der Waals surface area contributed by atoms with Gasteiger partial charge in [-0.2, -0.15) is 0 Å². The first kappa shape index (κ1) is 16.8. The van der Waals surface area contributed by atoms with E-state index in [4.69, 9.17) is 4.42 Å². The summed E-state index contributed by atoms with van der Waals surface area (Å²) in [7, 11) is 0. The summed E-state index contributed by atoms with van der Waals surface area (Å²) in [6, 6.07) is 1.78. The zero-order chi connectivity index (χ0) is 17.3. The van der Waals surface area contributed by atoms with Crippen molar-refractivity contribution < 1.29 is 14.0 Å². The molecule has 3 heterocycles. The van der Waals surface area contributed by atoms with Gasteiger partial charge in [0, 0.05) is 19.5 Å². The van der Waals surface area contributed by atoms with E-state index < -0.39 is 0 Å². The van der Waals surface area contributed by atoms with Crippen LogP contribution >= 0.6 is 0 Å². The third kappa shape index (κ3) is 2.46. The van der Waals surface area contributed by atoms with E-state index in [-0.39, 0.29) is 23.4 Å². The van der Waals surface area contributed by atoms with Crippen LogP contribution < -0.4 is 0 Å². The topological polar surface area (TPSA) is 53.8 Å². The monoisotopic (exact) mass is 330 g/mol. The smallest absolute Gasteiger partial charge is 0.257 e. The van der Waals surface area contributed by atoms with Crippen molar-refractivity contribution in [1.29, 1.82) is 0 Å². The number of likely N-dealkylation sites (tertiary alicyclic amines) is 2. The summed E-state index contributed by atoms with van der Waals surface area (Å²) in [5.74, 6) is 0.854. The second-order valence-corrected chi connectivity index (χ2v) is 6.81. The lowest BCUT2D eigenvalue weighted by Crippen LogP contribution is -2.64. The average Bonchev–Trinajstić information content (AvgIpc) is 3.13. The molecular formula is C19H26N2O3. The van der Waals surface area contributed by atoms with Gasteiger partial charge in [0.1, 0.15) is 5.76 Å². The van der Waals surface area contributed by atoms with E-state index >= 15 is 0 Å². The first-order valence-corrected chi connectivity index (χ1v) is 8.81. The number of carbonyl (C=O) groups is 2. The van der Waals surface area contributed by atoms with Gasteiger partial charge in [0.05, 0.1) is 23.4 Å². The zero-order valence-corrected chi connectivity index (χ0v) is 14.6. The third-order valence-electron chi connectivity index (χ3n) is 5.66. The highest BCUT2D eigenvalue weighted by Crippen LogP contribution is 2.43. The molecule has 1 spiro atoms. The molecule has 1 aromatic rings. The van der Waals surface area contributed by atoms with Gasteiger partial charge in [-0.05, 0) is 38.7 Å². The molecule has 1 aromatic heterocycles.